The Morgan fingerprint density at radius 1 is 0.357 bits per heavy atom. The summed E-state index contributed by atoms with van der Waals surface area (Å²) in [4.78, 5) is 0. The van der Waals surface area contributed by atoms with Crippen molar-refractivity contribution in [3.8, 4) is 63.0 Å². The molecule has 258 valence electrons. The number of hydrogen-bond donors (Lipinski definition) is 0. The first kappa shape index (κ1) is 32.5. The molecule has 0 spiro atoms. The fourth-order valence-electron chi connectivity index (χ4n) is 8.42. The zero-order chi connectivity index (χ0) is 37.8. The fourth-order valence-corrected chi connectivity index (χ4v) is 8.42. The third-order valence-corrected chi connectivity index (χ3v) is 10.8. The maximum Gasteiger partial charge on any atom is 0.101 e. The molecule has 0 atom stereocenters. The Labute approximate surface area is 323 Å². The number of fused-ring (bicyclic) bond motifs is 6. The van der Waals surface area contributed by atoms with Crippen LogP contribution in [0.4, 0.5) is 0 Å². The van der Waals surface area contributed by atoms with Crippen LogP contribution in [-0.2, 0) is 0 Å². The molecule has 56 heavy (non-hydrogen) atoms. The first-order chi connectivity index (χ1) is 27.7. The molecule has 0 N–H and O–H groups in total. The summed E-state index contributed by atoms with van der Waals surface area (Å²) in [5, 5.41) is 34.0. The summed E-state index contributed by atoms with van der Waals surface area (Å²) in [6.07, 6.45) is 0. The summed E-state index contributed by atoms with van der Waals surface area (Å²) in [5.74, 6) is 0. The van der Waals surface area contributed by atoms with E-state index in [1.807, 2.05) is 60.7 Å². The van der Waals surface area contributed by atoms with E-state index in [0.29, 0.717) is 16.7 Å². The monoisotopic (exact) mass is 711 g/mol. The van der Waals surface area contributed by atoms with Crippen molar-refractivity contribution in [3.05, 3.63) is 193 Å². The average Bonchev–Trinajstić information content (AvgIpc) is 3.78. The van der Waals surface area contributed by atoms with Crippen LogP contribution in [0.2, 0.25) is 0 Å². The van der Waals surface area contributed by atoms with Gasteiger partial charge >= 0.3 is 0 Å². The van der Waals surface area contributed by atoms with Gasteiger partial charge in [-0.1, -0.05) is 115 Å². The number of nitrogens with zero attached hydrogens (tertiary/aromatic N) is 5. The molecule has 0 amide bonds. The summed E-state index contributed by atoms with van der Waals surface area (Å²) < 4.78 is 4.43. The second-order valence-corrected chi connectivity index (χ2v) is 13.8. The van der Waals surface area contributed by atoms with Crippen molar-refractivity contribution >= 4 is 43.6 Å². The highest BCUT2D eigenvalue weighted by atomic mass is 15.0. The van der Waals surface area contributed by atoms with Crippen LogP contribution in [-0.4, -0.2) is 9.13 Å². The standard InChI is InChI=1S/C51H29N5/c52-30-33-11-9-13-37(27-33)55-48-22-8-6-18-42(48)45-20-10-19-44(51(45)55)41-17-5-4-16-40(41)39-15-3-2-14-38(39)35-24-25-43-46-28-34(31-53)23-26-49(46)56(50(43)29-35)47-21-7-1-12-36(47)32-54/h1-29H. The van der Waals surface area contributed by atoms with Crippen molar-refractivity contribution in [2.24, 2.45) is 0 Å². The summed E-state index contributed by atoms with van der Waals surface area (Å²) >= 11 is 0. The first-order valence-electron chi connectivity index (χ1n) is 18.4. The molecule has 5 heteroatoms. The molecule has 0 bridgehead atoms. The van der Waals surface area contributed by atoms with Gasteiger partial charge in [0, 0.05) is 32.8 Å². The summed E-state index contributed by atoms with van der Waals surface area (Å²) in [5.41, 5.74) is 14.0. The Bertz CT molecular complexity index is 3360. The first-order valence-corrected chi connectivity index (χ1v) is 18.4. The number of rotatable bonds is 5. The van der Waals surface area contributed by atoms with Crippen LogP contribution in [0.1, 0.15) is 16.7 Å². The van der Waals surface area contributed by atoms with Gasteiger partial charge in [0.2, 0.25) is 0 Å². The molecule has 0 saturated carbocycles. The third kappa shape index (κ3) is 4.99. The van der Waals surface area contributed by atoms with E-state index >= 15 is 0 Å². The molecule has 10 aromatic rings. The molecular formula is C51H29N5. The highest BCUT2D eigenvalue weighted by Gasteiger charge is 2.21. The van der Waals surface area contributed by atoms with Crippen LogP contribution >= 0.6 is 0 Å². The van der Waals surface area contributed by atoms with Crippen LogP contribution in [0.15, 0.2) is 176 Å². The third-order valence-electron chi connectivity index (χ3n) is 10.8. The van der Waals surface area contributed by atoms with Gasteiger partial charge in [0.05, 0.1) is 56.6 Å². The van der Waals surface area contributed by atoms with Crippen molar-refractivity contribution in [1.82, 2.24) is 9.13 Å². The van der Waals surface area contributed by atoms with Crippen LogP contribution < -0.4 is 0 Å². The largest absolute Gasteiger partial charge is 0.309 e. The molecule has 8 aromatic carbocycles. The van der Waals surface area contributed by atoms with E-state index in [-0.39, 0.29) is 0 Å². The molecule has 2 heterocycles. The van der Waals surface area contributed by atoms with Gasteiger partial charge in [-0.2, -0.15) is 15.8 Å². The predicted octanol–water partition coefficient (Wildman–Crippen LogP) is 12.5. The second kappa shape index (κ2) is 13.0. The average molecular weight is 712 g/mol. The highest BCUT2D eigenvalue weighted by Crippen LogP contribution is 2.44. The lowest BCUT2D eigenvalue weighted by atomic mass is 9.88. The number of para-hydroxylation sites is 3. The molecule has 0 radical (unpaired) electrons. The molecule has 0 aliphatic carbocycles. The molecule has 0 fully saturated rings. The zero-order valence-electron chi connectivity index (χ0n) is 30.0. The van der Waals surface area contributed by atoms with Crippen molar-refractivity contribution in [1.29, 1.82) is 15.8 Å². The number of nitriles is 3. The number of benzene rings is 8. The maximum atomic E-state index is 10.2. The minimum atomic E-state index is 0.571. The van der Waals surface area contributed by atoms with E-state index in [1.54, 1.807) is 0 Å². The lowest BCUT2D eigenvalue weighted by molar-refractivity contribution is 1.17. The van der Waals surface area contributed by atoms with Gasteiger partial charge in [-0.3, -0.25) is 0 Å². The van der Waals surface area contributed by atoms with Gasteiger partial charge in [0.15, 0.2) is 0 Å². The highest BCUT2D eigenvalue weighted by molar-refractivity contribution is 6.15. The van der Waals surface area contributed by atoms with E-state index in [4.69, 9.17) is 0 Å². The van der Waals surface area contributed by atoms with Crippen molar-refractivity contribution in [2.45, 2.75) is 0 Å². The van der Waals surface area contributed by atoms with E-state index in [1.165, 1.54) is 0 Å². The lowest BCUT2D eigenvalue weighted by Crippen LogP contribution is -1.98. The predicted molar refractivity (Wildman–Crippen MR) is 226 cm³/mol. The normalized spacial score (nSPS) is 11.2. The Balaban J connectivity index is 1.22. The smallest absolute Gasteiger partial charge is 0.101 e. The van der Waals surface area contributed by atoms with Crippen LogP contribution in [0.3, 0.4) is 0 Å². The molecule has 0 aliphatic heterocycles. The van der Waals surface area contributed by atoms with E-state index in [9.17, 15) is 15.8 Å². The van der Waals surface area contributed by atoms with Gasteiger partial charge in [-0.15, -0.1) is 0 Å². The van der Waals surface area contributed by atoms with Crippen molar-refractivity contribution < 1.29 is 0 Å². The van der Waals surface area contributed by atoms with Gasteiger partial charge in [0.25, 0.3) is 0 Å². The van der Waals surface area contributed by atoms with Crippen LogP contribution in [0.25, 0.3) is 88.4 Å². The maximum absolute atomic E-state index is 10.2. The zero-order valence-corrected chi connectivity index (χ0v) is 30.0. The van der Waals surface area contributed by atoms with Gasteiger partial charge in [0.1, 0.15) is 6.07 Å². The Morgan fingerprint density at radius 2 is 0.964 bits per heavy atom. The molecule has 0 saturated heterocycles. The molecule has 10 rings (SSSR count). The lowest BCUT2D eigenvalue weighted by Gasteiger charge is -2.17. The second-order valence-electron chi connectivity index (χ2n) is 13.8. The molecule has 0 aliphatic rings. The van der Waals surface area contributed by atoms with Gasteiger partial charge in [-0.05, 0) is 88.5 Å². The number of hydrogen-bond acceptors (Lipinski definition) is 3. The Morgan fingerprint density at radius 3 is 1.77 bits per heavy atom. The van der Waals surface area contributed by atoms with E-state index < -0.39 is 0 Å². The molecule has 0 unspecified atom stereocenters. The Hall–Kier alpha value is -8.17. The van der Waals surface area contributed by atoms with E-state index in [0.717, 1.165) is 88.4 Å². The summed E-state index contributed by atoms with van der Waals surface area (Å²) in [6.45, 7) is 0. The van der Waals surface area contributed by atoms with Gasteiger partial charge < -0.3 is 9.13 Å². The SMILES string of the molecule is N#Cc1cccc(-n2c3ccccc3c3cccc(-c4ccccc4-c4ccccc4-c4ccc5c6cc(C#N)ccc6n(-c6ccccc6C#N)c5c4)c32)c1. The Kier molecular flexibility index (Phi) is 7.57. The van der Waals surface area contributed by atoms with E-state index in [2.05, 4.69) is 143 Å². The minimum absolute atomic E-state index is 0.571. The van der Waals surface area contributed by atoms with Crippen LogP contribution in [0.5, 0.6) is 0 Å². The van der Waals surface area contributed by atoms with Crippen LogP contribution in [0, 0.1) is 34.0 Å². The molecular weight excluding hydrogens is 683 g/mol. The van der Waals surface area contributed by atoms with Crippen molar-refractivity contribution in [2.75, 3.05) is 0 Å². The summed E-state index contributed by atoms with van der Waals surface area (Å²) in [6, 6.07) is 66.7. The summed E-state index contributed by atoms with van der Waals surface area (Å²) in [7, 11) is 0. The van der Waals surface area contributed by atoms with Gasteiger partial charge in [-0.25, -0.2) is 0 Å². The topological polar surface area (TPSA) is 81.2 Å². The number of aromatic nitrogens is 2. The van der Waals surface area contributed by atoms with Crippen molar-refractivity contribution in [3.63, 3.8) is 0 Å². The fraction of sp³-hybridized carbons (Fsp3) is 0. The quantitative estimate of drug-likeness (QED) is 0.178. The minimum Gasteiger partial charge on any atom is -0.309 e. The molecule has 5 nitrogen and oxygen atoms in total. The molecule has 2 aromatic heterocycles.